The maximum atomic E-state index is 14.3. The van der Waals surface area contributed by atoms with Gasteiger partial charge in [-0.05, 0) is 59.7 Å². The van der Waals surface area contributed by atoms with Crippen molar-refractivity contribution in [3.8, 4) is 0 Å². The summed E-state index contributed by atoms with van der Waals surface area (Å²) in [6.07, 6.45) is 2.23. The summed E-state index contributed by atoms with van der Waals surface area (Å²) in [5.74, 6) is -0.0854. The van der Waals surface area contributed by atoms with Crippen molar-refractivity contribution in [1.82, 2.24) is 0 Å². The van der Waals surface area contributed by atoms with Crippen LogP contribution in [-0.4, -0.2) is 11.7 Å². The van der Waals surface area contributed by atoms with Crippen molar-refractivity contribution in [1.29, 1.82) is 0 Å². The second-order valence-corrected chi connectivity index (χ2v) is 9.71. The quantitative estimate of drug-likeness (QED) is 0.439. The largest absolute Gasteiger partial charge is 0.307 e. The van der Waals surface area contributed by atoms with Crippen LogP contribution in [0.2, 0.25) is 0 Å². The van der Waals surface area contributed by atoms with E-state index in [1.54, 1.807) is 12.1 Å². The van der Waals surface area contributed by atoms with Gasteiger partial charge >= 0.3 is 0 Å². The fourth-order valence-electron chi connectivity index (χ4n) is 5.36. The molecule has 2 atom stereocenters. The van der Waals surface area contributed by atoms with Crippen LogP contribution < -0.4 is 4.90 Å². The number of hydrogen-bond donors (Lipinski definition) is 0. The molecule has 5 heteroatoms. The lowest BCUT2D eigenvalue weighted by molar-refractivity contribution is -0.125. The highest BCUT2D eigenvalue weighted by Crippen LogP contribution is 2.53. The highest BCUT2D eigenvalue weighted by Gasteiger charge is 2.56. The Labute approximate surface area is 195 Å². The number of carbonyl (C=O) groups excluding carboxylic acids is 2. The van der Waals surface area contributed by atoms with E-state index in [1.807, 2.05) is 53.4 Å². The van der Waals surface area contributed by atoms with E-state index < -0.39 is 5.41 Å². The summed E-state index contributed by atoms with van der Waals surface area (Å²) >= 11 is 3.56. The van der Waals surface area contributed by atoms with Gasteiger partial charge < -0.3 is 4.90 Å². The average molecular weight is 492 g/mol. The minimum atomic E-state index is -0.788. The van der Waals surface area contributed by atoms with Crippen molar-refractivity contribution < 1.29 is 14.0 Å². The Hall–Kier alpha value is -2.79. The fourth-order valence-corrected chi connectivity index (χ4v) is 5.71. The van der Waals surface area contributed by atoms with Crippen molar-refractivity contribution in [2.75, 3.05) is 4.90 Å². The van der Waals surface area contributed by atoms with Crippen molar-refractivity contribution in [3.05, 3.63) is 99.8 Å². The molecule has 5 rings (SSSR count). The third-order valence-electron chi connectivity index (χ3n) is 6.88. The first kappa shape index (κ1) is 21.1. The number of fused-ring (bicyclic) bond motifs is 1. The van der Waals surface area contributed by atoms with E-state index >= 15 is 0 Å². The summed E-state index contributed by atoms with van der Waals surface area (Å²) in [5.41, 5.74) is 3.01. The smallest absolute Gasteiger partial charge is 0.238 e. The normalized spacial score (nSPS) is 22.4. The molecule has 1 saturated carbocycles. The standard InChI is InChI=1S/C27H23BrFNO2/c28-21-9-13-24-25(15-21)30(17-19-6-10-22(29)11-7-19)26(32)27(24,20-8-12-23(31)14-20)16-18-4-2-1-3-5-18/h1-7,9-11,13,15,20H,8,12,14,16-17H2/t20-,27-/m0/s1. The molecule has 3 aromatic carbocycles. The van der Waals surface area contributed by atoms with Gasteiger partial charge in [-0.1, -0.05) is 64.5 Å². The molecule has 1 fully saturated rings. The molecule has 1 amide bonds. The highest BCUT2D eigenvalue weighted by molar-refractivity contribution is 9.10. The topological polar surface area (TPSA) is 37.4 Å². The van der Waals surface area contributed by atoms with E-state index in [0.717, 1.165) is 33.3 Å². The van der Waals surface area contributed by atoms with Crippen molar-refractivity contribution in [2.45, 2.75) is 37.6 Å². The molecular weight excluding hydrogens is 469 g/mol. The average Bonchev–Trinajstić information content (AvgIpc) is 3.32. The van der Waals surface area contributed by atoms with Gasteiger partial charge in [0.2, 0.25) is 5.91 Å². The van der Waals surface area contributed by atoms with Gasteiger partial charge in [0.05, 0.1) is 12.0 Å². The Morgan fingerprint density at radius 2 is 1.72 bits per heavy atom. The lowest BCUT2D eigenvalue weighted by Crippen LogP contribution is -2.46. The fraction of sp³-hybridized carbons (Fsp3) is 0.259. The highest BCUT2D eigenvalue weighted by atomic mass is 79.9. The molecular formula is C27H23BrFNO2. The van der Waals surface area contributed by atoms with E-state index in [2.05, 4.69) is 15.9 Å². The molecule has 1 heterocycles. The van der Waals surface area contributed by atoms with E-state index in [4.69, 9.17) is 0 Å². The number of halogens is 2. The summed E-state index contributed by atoms with van der Waals surface area (Å²) < 4.78 is 14.4. The van der Waals surface area contributed by atoms with Crippen LogP contribution in [0.25, 0.3) is 0 Å². The first-order valence-electron chi connectivity index (χ1n) is 10.9. The van der Waals surface area contributed by atoms with Crippen molar-refractivity contribution in [2.24, 2.45) is 5.92 Å². The number of rotatable bonds is 5. The van der Waals surface area contributed by atoms with Gasteiger partial charge in [-0.25, -0.2) is 4.39 Å². The van der Waals surface area contributed by atoms with Crippen molar-refractivity contribution in [3.63, 3.8) is 0 Å². The Morgan fingerprint density at radius 1 is 0.969 bits per heavy atom. The number of carbonyl (C=O) groups is 2. The Bertz CT molecular complexity index is 1180. The van der Waals surface area contributed by atoms with Crippen LogP contribution in [0.3, 0.4) is 0 Å². The number of hydrogen-bond acceptors (Lipinski definition) is 2. The number of nitrogens with zero attached hydrogens (tertiary/aromatic N) is 1. The third-order valence-corrected chi connectivity index (χ3v) is 7.37. The van der Waals surface area contributed by atoms with Gasteiger partial charge in [0.1, 0.15) is 11.6 Å². The molecule has 3 nitrogen and oxygen atoms in total. The van der Waals surface area contributed by atoms with E-state index in [0.29, 0.717) is 25.8 Å². The minimum absolute atomic E-state index is 0.0264. The number of anilines is 1. The molecule has 0 spiro atoms. The Morgan fingerprint density at radius 3 is 2.41 bits per heavy atom. The maximum absolute atomic E-state index is 14.3. The summed E-state index contributed by atoms with van der Waals surface area (Å²) in [6, 6.07) is 22.3. The molecule has 0 N–H and O–H groups in total. The molecule has 0 bridgehead atoms. The zero-order chi connectivity index (χ0) is 22.3. The lowest BCUT2D eigenvalue weighted by Gasteiger charge is -2.34. The van der Waals surface area contributed by atoms with Crippen LogP contribution in [-0.2, 0) is 28.0 Å². The number of ketones is 1. The summed E-state index contributed by atoms with van der Waals surface area (Å²) in [7, 11) is 0. The van der Waals surface area contributed by atoms with Gasteiger partial charge in [-0.2, -0.15) is 0 Å². The third kappa shape index (κ3) is 3.58. The Kier molecular flexibility index (Phi) is 5.46. The lowest BCUT2D eigenvalue weighted by atomic mass is 9.66. The zero-order valence-electron chi connectivity index (χ0n) is 17.6. The van der Waals surface area contributed by atoms with Gasteiger partial charge in [0.25, 0.3) is 0 Å². The van der Waals surface area contributed by atoms with Gasteiger partial charge in [0.15, 0.2) is 0 Å². The molecule has 0 saturated heterocycles. The summed E-state index contributed by atoms with van der Waals surface area (Å²) in [5, 5.41) is 0. The number of benzene rings is 3. The van der Waals surface area contributed by atoms with Gasteiger partial charge in [0, 0.05) is 23.0 Å². The molecule has 32 heavy (non-hydrogen) atoms. The first-order valence-corrected chi connectivity index (χ1v) is 11.7. The van der Waals surface area contributed by atoms with E-state index in [-0.39, 0.29) is 23.4 Å². The van der Waals surface area contributed by atoms with Crippen molar-refractivity contribution >= 4 is 33.3 Å². The molecule has 1 aliphatic carbocycles. The van der Waals surface area contributed by atoms with Crippen LogP contribution in [0.15, 0.2) is 77.3 Å². The van der Waals surface area contributed by atoms with Crippen LogP contribution in [0.1, 0.15) is 36.0 Å². The number of amides is 1. The Balaban J connectivity index is 1.64. The second-order valence-electron chi connectivity index (χ2n) is 8.79. The SMILES string of the molecule is O=C1CC[C@H]([C@]2(Cc3ccccc3)C(=O)N(Cc3ccc(F)cc3)c3cc(Br)ccc32)C1. The maximum Gasteiger partial charge on any atom is 0.238 e. The van der Waals surface area contributed by atoms with Crippen LogP contribution in [0.4, 0.5) is 10.1 Å². The molecule has 0 radical (unpaired) electrons. The van der Waals surface area contributed by atoms with E-state index in [1.165, 1.54) is 12.1 Å². The zero-order valence-corrected chi connectivity index (χ0v) is 19.1. The van der Waals surface area contributed by atoms with E-state index in [9.17, 15) is 14.0 Å². The van der Waals surface area contributed by atoms with Crippen LogP contribution in [0.5, 0.6) is 0 Å². The predicted octanol–water partition coefficient (Wildman–Crippen LogP) is 5.98. The molecule has 0 unspecified atom stereocenters. The van der Waals surface area contributed by atoms with Gasteiger partial charge in [-0.3, -0.25) is 9.59 Å². The van der Waals surface area contributed by atoms with Crippen LogP contribution >= 0.6 is 15.9 Å². The monoisotopic (exact) mass is 491 g/mol. The summed E-state index contributed by atoms with van der Waals surface area (Å²) in [6.45, 7) is 0.361. The molecule has 3 aromatic rings. The number of Topliss-reactive ketones (excluding diaryl/α,β-unsaturated/α-hetero) is 1. The van der Waals surface area contributed by atoms with Crippen LogP contribution in [0, 0.1) is 11.7 Å². The molecule has 2 aliphatic rings. The first-order chi connectivity index (χ1) is 15.5. The van der Waals surface area contributed by atoms with Gasteiger partial charge in [-0.15, -0.1) is 0 Å². The molecule has 1 aliphatic heterocycles. The second kappa shape index (κ2) is 8.28. The minimum Gasteiger partial charge on any atom is -0.307 e. The molecule has 0 aromatic heterocycles. The summed E-state index contributed by atoms with van der Waals surface area (Å²) in [4.78, 5) is 28.4. The molecule has 162 valence electrons. The predicted molar refractivity (Wildman–Crippen MR) is 126 cm³/mol.